The molecule has 2 atom stereocenters. The minimum absolute atomic E-state index is 0.0425. The van der Waals surface area contributed by atoms with Crippen LogP contribution in [-0.4, -0.2) is 11.4 Å². The molecule has 1 amide bonds. The first kappa shape index (κ1) is 8.31. The molecule has 1 aliphatic carbocycles. The third-order valence-electron chi connectivity index (χ3n) is 2.42. The number of hydrogen-bond donors (Lipinski definition) is 1. The van der Waals surface area contributed by atoms with Crippen molar-refractivity contribution in [3.63, 3.8) is 0 Å². The van der Waals surface area contributed by atoms with Crippen LogP contribution in [0.5, 0.6) is 0 Å². The summed E-state index contributed by atoms with van der Waals surface area (Å²) in [4.78, 5) is 10.8. The first-order valence-electron chi connectivity index (χ1n) is 4.07. The number of hydrogen-bond acceptors (Lipinski definition) is 1. The smallest absolute Gasteiger partial charge is 0.217 e. The molecule has 0 bridgehead atoms. The van der Waals surface area contributed by atoms with Crippen molar-refractivity contribution in [1.29, 1.82) is 0 Å². The summed E-state index contributed by atoms with van der Waals surface area (Å²) >= 11 is 0. The Morgan fingerprint density at radius 2 is 2.55 bits per heavy atom. The molecule has 0 saturated heterocycles. The number of amides is 1. The fourth-order valence-electron chi connectivity index (χ4n) is 1.64. The highest BCUT2D eigenvalue weighted by Gasteiger charge is 2.50. The molecule has 1 rings (SSSR count). The predicted octanol–water partition coefficient (Wildman–Crippen LogP) is 1.48. The Morgan fingerprint density at radius 3 is 2.82 bits per heavy atom. The number of carbonyl (C=O) groups excluding carboxylic acids is 1. The molecular weight excluding hydrogens is 138 g/mol. The van der Waals surface area contributed by atoms with Gasteiger partial charge in [0.25, 0.3) is 0 Å². The van der Waals surface area contributed by atoms with E-state index in [2.05, 4.69) is 18.8 Å². The van der Waals surface area contributed by atoms with Crippen molar-refractivity contribution < 1.29 is 4.79 Å². The Hall–Kier alpha value is -0.790. The lowest BCUT2D eigenvalue weighted by atomic mass is 10.1. The molecule has 0 aromatic heterocycles. The van der Waals surface area contributed by atoms with Gasteiger partial charge in [-0.1, -0.05) is 19.4 Å². The summed E-state index contributed by atoms with van der Waals surface area (Å²) in [6.07, 6.45) is 4.04. The van der Waals surface area contributed by atoms with E-state index in [1.807, 2.05) is 6.08 Å². The van der Waals surface area contributed by atoms with Crippen LogP contribution in [0.4, 0.5) is 0 Å². The molecule has 0 aromatic carbocycles. The summed E-state index contributed by atoms with van der Waals surface area (Å²) in [7, 11) is 0. The molecule has 2 unspecified atom stereocenters. The molecule has 2 heteroatoms. The van der Waals surface area contributed by atoms with Gasteiger partial charge in [0.15, 0.2) is 0 Å². The topological polar surface area (TPSA) is 29.1 Å². The van der Waals surface area contributed by atoms with Crippen molar-refractivity contribution in [3.05, 3.63) is 12.7 Å². The van der Waals surface area contributed by atoms with Crippen molar-refractivity contribution in [1.82, 2.24) is 5.32 Å². The lowest BCUT2D eigenvalue weighted by molar-refractivity contribution is -0.119. The van der Waals surface area contributed by atoms with Gasteiger partial charge in [-0.2, -0.15) is 0 Å². The second-order valence-electron chi connectivity index (χ2n) is 3.23. The molecular formula is C9H15NO. The fraction of sp³-hybridized carbons (Fsp3) is 0.667. The predicted molar refractivity (Wildman–Crippen MR) is 45.1 cm³/mol. The first-order chi connectivity index (χ1) is 5.14. The highest BCUT2D eigenvalue weighted by atomic mass is 16.1. The van der Waals surface area contributed by atoms with Crippen LogP contribution in [0.2, 0.25) is 0 Å². The van der Waals surface area contributed by atoms with Gasteiger partial charge in [-0.15, -0.1) is 6.58 Å². The Kier molecular flexibility index (Phi) is 2.03. The van der Waals surface area contributed by atoms with Gasteiger partial charge in [-0.25, -0.2) is 0 Å². The summed E-state index contributed by atoms with van der Waals surface area (Å²) < 4.78 is 0. The summed E-state index contributed by atoms with van der Waals surface area (Å²) in [6, 6.07) is 0. The maximum atomic E-state index is 10.8. The summed E-state index contributed by atoms with van der Waals surface area (Å²) in [6.45, 7) is 7.42. The SMILES string of the molecule is C=CC1(NC(C)=O)CC1CC. The fourth-order valence-corrected chi connectivity index (χ4v) is 1.64. The minimum Gasteiger partial charge on any atom is -0.347 e. The molecule has 0 radical (unpaired) electrons. The average molecular weight is 153 g/mol. The normalized spacial score (nSPS) is 34.5. The van der Waals surface area contributed by atoms with Gasteiger partial charge >= 0.3 is 0 Å². The van der Waals surface area contributed by atoms with Crippen LogP contribution in [0.1, 0.15) is 26.7 Å². The Labute approximate surface area is 67.7 Å². The zero-order valence-corrected chi connectivity index (χ0v) is 7.18. The molecule has 11 heavy (non-hydrogen) atoms. The van der Waals surface area contributed by atoms with Gasteiger partial charge in [0.2, 0.25) is 5.91 Å². The molecule has 0 heterocycles. The van der Waals surface area contributed by atoms with Gasteiger partial charge in [-0.3, -0.25) is 4.79 Å². The van der Waals surface area contributed by atoms with Crippen LogP contribution in [0.25, 0.3) is 0 Å². The maximum Gasteiger partial charge on any atom is 0.217 e. The first-order valence-corrected chi connectivity index (χ1v) is 4.07. The number of carbonyl (C=O) groups is 1. The highest BCUT2D eigenvalue weighted by Crippen LogP contribution is 2.46. The van der Waals surface area contributed by atoms with Crippen molar-refractivity contribution in [3.8, 4) is 0 Å². The van der Waals surface area contributed by atoms with Crippen molar-refractivity contribution in [2.45, 2.75) is 32.2 Å². The monoisotopic (exact) mass is 153 g/mol. The molecule has 1 aliphatic rings. The maximum absolute atomic E-state index is 10.8. The number of rotatable bonds is 3. The minimum atomic E-state index is -0.0550. The van der Waals surface area contributed by atoms with E-state index in [-0.39, 0.29) is 11.4 Å². The van der Waals surface area contributed by atoms with Crippen LogP contribution < -0.4 is 5.32 Å². The average Bonchev–Trinajstić information content (AvgIpc) is 2.62. The van der Waals surface area contributed by atoms with E-state index < -0.39 is 0 Å². The quantitative estimate of drug-likeness (QED) is 0.611. The van der Waals surface area contributed by atoms with E-state index in [9.17, 15) is 4.79 Å². The molecule has 1 fully saturated rings. The van der Waals surface area contributed by atoms with E-state index >= 15 is 0 Å². The number of nitrogens with one attached hydrogen (secondary N) is 1. The van der Waals surface area contributed by atoms with Gasteiger partial charge < -0.3 is 5.32 Å². The van der Waals surface area contributed by atoms with Gasteiger partial charge in [0.05, 0.1) is 5.54 Å². The van der Waals surface area contributed by atoms with Gasteiger partial charge in [0.1, 0.15) is 0 Å². The highest BCUT2D eigenvalue weighted by molar-refractivity contribution is 5.75. The molecule has 62 valence electrons. The van der Waals surface area contributed by atoms with E-state index in [0.29, 0.717) is 5.92 Å². The van der Waals surface area contributed by atoms with E-state index in [1.165, 1.54) is 0 Å². The van der Waals surface area contributed by atoms with Crippen LogP contribution in [0, 0.1) is 5.92 Å². The second-order valence-corrected chi connectivity index (χ2v) is 3.23. The zero-order valence-electron chi connectivity index (χ0n) is 7.18. The van der Waals surface area contributed by atoms with Crippen LogP contribution >= 0.6 is 0 Å². The lowest BCUT2D eigenvalue weighted by Crippen LogP contribution is -2.35. The Morgan fingerprint density at radius 1 is 1.91 bits per heavy atom. The summed E-state index contributed by atoms with van der Waals surface area (Å²) in [5.74, 6) is 0.657. The van der Waals surface area contributed by atoms with E-state index in [0.717, 1.165) is 12.8 Å². The second kappa shape index (κ2) is 2.68. The van der Waals surface area contributed by atoms with Gasteiger partial charge in [-0.05, 0) is 12.3 Å². The standard InChI is InChI=1S/C9H15NO/c1-4-8-6-9(8,5-2)10-7(3)11/h5,8H,2,4,6H2,1,3H3,(H,10,11). The van der Waals surface area contributed by atoms with Crippen molar-refractivity contribution >= 4 is 5.91 Å². The Bertz CT molecular complexity index is 188. The van der Waals surface area contributed by atoms with Crippen molar-refractivity contribution in [2.24, 2.45) is 5.92 Å². The van der Waals surface area contributed by atoms with Crippen LogP contribution in [0.3, 0.4) is 0 Å². The molecule has 0 aromatic rings. The summed E-state index contributed by atoms with van der Waals surface area (Å²) in [5, 5.41) is 2.92. The lowest BCUT2D eigenvalue weighted by Gasteiger charge is -2.12. The van der Waals surface area contributed by atoms with E-state index in [4.69, 9.17) is 0 Å². The summed E-state index contributed by atoms with van der Waals surface area (Å²) in [5.41, 5.74) is -0.0550. The molecule has 1 N–H and O–H groups in total. The third-order valence-corrected chi connectivity index (χ3v) is 2.42. The molecule has 0 spiro atoms. The molecule has 2 nitrogen and oxygen atoms in total. The van der Waals surface area contributed by atoms with Crippen LogP contribution in [-0.2, 0) is 4.79 Å². The Balaban J connectivity index is 2.52. The molecule has 1 saturated carbocycles. The van der Waals surface area contributed by atoms with Gasteiger partial charge in [0, 0.05) is 6.92 Å². The third kappa shape index (κ3) is 1.44. The zero-order chi connectivity index (χ0) is 8.48. The largest absolute Gasteiger partial charge is 0.347 e. The van der Waals surface area contributed by atoms with E-state index in [1.54, 1.807) is 6.92 Å². The molecule has 0 aliphatic heterocycles. The van der Waals surface area contributed by atoms with Crippen molar-refractivity contribution in [2.75, 3.05) is 0 Å². The van der Waals surface area contributed by atoms with Crippen LogP contribution in [0.15, 0.2) is 12.7 Å².